The Bertz CT molecular complexity index is 750. The predicted octanol–water partition coefficient (Wildman–Crippen LogP) is 1.85. The van der Waals surface area contributed by atoms with Crippen LogP contribution in [0.25, 0.3) is 0 Å². The maximum atomic E-state index is 9.04. The molecule has 0 saturated heterocycles. The van der Waals surface area contributed by atoms with Crippen molar-refractivity contribution in [3.05, 3.63) is 52.6 Å². The molecule has 0 bridgehead atoms. The van der Waals surface area contributed by atoms with Crippen molar-refractivity contribution in [3.8, 4) is 18.2 Å². The second-order valence-electron chi connectivity index (χ2n) is 4.05. The zero-order valence-corrected chi connectivity index (χ0v) is 10.3. The normalized spacial score (nSPS) is 9.37. The highest BCUT2D eigenvalue weighted by Crippen LogP contribution is 2.14. The molecule has 0 N–H and O–H groups in total. The molecule has 1 aromatic heterocycles. The van der Waals surface area contributed by atoms with Gasteiger partial charge in [0.25, 0.3) is 0 Å². The summed E-state index contributed by atoms with van der Waals surface area (Å²) in [6.45, 7) is 2.36. The van der Waals surface area contributed by atoms with E-state index in [1.807, 2.05) is 25.1 Å². The summed E-state index contributed by atoms with van der Waals surface area (Å²) < 4.78 is 1.63. The second kappa shape index (κ2) is 5.04. The van der Waals surface area contributed by atoms with Gasteiger partial charge in [-0.25, -0.2) is 4.98 Å². The molecule has 0 amide bonds. The number of benzene rings is 1. The van der Waals surface area contributed by atoms with Crippen LogP contribution in [0.5, 0.6) is 0 Å². The summed E-state index contributed by atoms with van der Waals surface area (Å²) in [6.07, 6.45) is 1.48. The second-order valence-corrected chi connectivity index (χ2v) is 4.05. The lowest BCUT2D eigenvalue weighted by Gasteiger charge is -2.07. The molecule has 90 valence electrons. The molecular formula is C14H9N5. The van der Waals surface area contributed by atoms with Crippen LogP contribution in [0.4, 0.5) is 0 Å². The Balaban J connectivity index is 2.38. The highest BCUT2D eigenvalue weighted by molar-refractivity contribution is 5.40. The first-order chi connectivity index (χ1) is 9.19. The fraction of sp³-hybridized carbons (Fsp3) is 0.143. The largest absolute Gasteiger partial charge is 0.317 e. The number of nitrogens with zero attached hydrogens (tertiary/aromatic N) is 5. The minimum Gasteiger partial charge on any atom is -0.317 e. The monoisotopic (exact) mass is 247 g/mol. The predicted molar refractivity (Wildman–Crippen MR) is 66.7 cm³/mol. The van der Waals surface area contributed by atoms with Crippen LogP contribution in [-0.4, -0.2) is 9.55 Å². The molecule has 2 aromatic rings. The maximum absolute atomic E-state index is 9.04. The summed E-state index contributed by atoms with van der Waals surface area (Å²) in [6, 6.07) is 11.3. The molecule has 0 aliphatic rings. The lowest BCUT2D eigenvalue weighted by Crippen LogP contribution is -2.03. The van der Waals surface area contributed by atoms with Crippen molar-refractivity contribution in [2.45, 2.75) is 13.5 Å². The first-order valence-electron chi connectivity index (χ1n) is 5.54. The average Bonchev–Trinajstić information content (AvgIpc) is 2.82. The zero-order chi connectivity index (χ0) is 13.8. The molecule has 0 aliphatic heterocycles. The fourth-order valence-electron chi connectivity index (χ4n) is 1.83. The number of imidazole rings is 1. The molecule has 0 aliphatic carbocycles. The number of aryl methyl sites for hydroxylation is 1. The van der Waals surface area contributed by atoms with Crippen LogP contribution in [0.15, 0.2) is 24.5 Å². The van der Waals surface area contributed by atoms with Crippen molar-refractivity contribution in [1.29, 1.82) is 15.8 Å². The van der Waals surface area contributed by atoms with E-state index in [1.54, 1.807) is 16.7 Å². The summed E-state index contributed by atoms with van der Waals surface area (Å²) >= 11 is 0. The summed E-state index contributed by atoms with van der Waals surface area (Å²) in [4.78, 5) is 3.89. The Hall–Kier alpha value is -3.10. The highest BCUT2D eigenvalue weighted by atomic mass is 15.1. The van der Waals surface area contributed by atoms with Crippen molar-refractivity contribution in [2.24, 2.45) is 0 Å². The van der Waals surface area contributed by atoms with E-state index in [-0.39, 0.29) is 11.4 Å². The quantitative estimate of drug-likeness (QED) is 0.809. The van der Waals surface area contributed by atoms with Gasteiger partial charge in [-0.3, -0.25) is 0 Å². The molecule has 0 saturated carbocycles. The van der Waals surface area contributed by atoms with Gasteiger partial charge in [-0.2, -0.15) is 15.8 Å². The molecule has 1 heterocycles. The lowest BCUT2D eigenvalue weighted by molar-refractivity contribution is 0.780. The van der Waals surface area contributed by atoms with E-state index in [9.17, 15) is 0 Å². The number of aromatic nitrogens is 2. The van der Waals surface area contributed by atoms with Crippen molar-refractivity contribution in [2.75, 3.05) is 0 Å². The first kappa shape index (κ1) is 12.4. The average molecular weight is 247 g/mol. The van der Waals surface area contributed by atoms with Gasteiger partial charge in [-0.1, -0.05) is 6.07 Å². The number of nitriles is 3. The number of hydrogen-bond acceptors (Lipinski definition) is 4. The summed E-state index contributed by atoms with van der Waals surface area (Å²) in [5, 5.41) is 26.7. The van der Waals surface area contributed by atoms with Crippen LogP contribution in [-0.2, 0) is 6.54 Å². The lowest BCUT2D eigenvalue weighted by atomic mass is 10.1. The van der Waals surface area contributed by atoms with Gasteiger partial charge in [0.1, 0.15) is 12.1 Å². The fourth-order valence-corrected chi connectivity index (χ4v) is 1.83. The van der Waals surface area contributed by atoms with E-state index < -0.39 is 0 Å². The van der Waals surface area contributed by atoms with E-state index in [1.165, 1.54) is 6.33 Å². The Morgan fingerprint density at radius 1 is 1.16 bits per heavy atom. The number of rotatable bonds is 2. The minimum atomic E-state index is 0.133. The van der Waals surface area contributed by atoms with Crippen molar-refractivity contribution >= 4 is 0 Å². The molecule has 2 rings (SSSR count). The topological polar surface area (TPSA) is 89.2 Å². The Labute approximate surface area is 110 Å². The molecule has 0 atom stereocenters. The van der Waals surface area contributed by atoms with Crippen molar-refractivity contribution in [1.82, 2.24) is 9.55 Å². The van der Waals surface area contributed by atoms with Crippen molar-refractivity contribution in [3.63, 3.8) is 0 Å². The molecule has 5 heteroatoms. The Kier molecular flexibility index (Phi) is 3.28. The zero-order valence-electron chi connectivity index (χ0n) is 10.3. The molecule has 1 aromatic carbocycles. The van der Waals surface area contributed by atoms with Gasteiger partial charge in [-0.15, -0.1) is 0 Å². The standard InChI is InChI=1S/C14H9N5/c1-10-4-11(5-15)2-3-12(10)8-19-9-18-13(6-16)14(19)7-17/h2-4,9H,8H2,1H3. The van der Waals surface area contributed by atoms with Gasteiger partial charge in [0.05, 0.1) is 24.5 Å². The van der Waals surface area contributed by atoms with Gasteiger partial charge in [0.2, 0.25) is 0 Å². The summed E-state index contributed by atoms with van der Waals surface area (Å²) in [5.74, 6) is 0. The van der Waals surface area contributed by atoms with Gasteiger partial charge >= 0.3 is 0 Å². The van der Waals surface area contributed by atoms with Crippen LogP contribution in [0.2, 0.25) is 0 Å². The third-order valence-electron chi connectivity index (χ3n) is 2.86. The molecule has 5 nitrogen and oxygen atoms in total. The van der Waals surface area contributed by atoms with Gasteiger partial charge in [-0.05, 0) is 30.2 Å². The summed E-state index contributed by atoms with van der Waals surface area (Å²) in [7, 11) is 0. The molecule has 0 radical (unpaired) electrons. The molecule has 0 spiro atoms. The van der Waals surface area contributed by atoms with Crippen LogP contribution in [0.1, 0.15) is 28.1 Å². The Morgan fingerprint density at radius 2 is 1.95 bits per heavy atom. The highest BCUT2D eigenvalue weighted by Gasteiger charge is 2.11. The van der Waals surface area contributed by atoms with Crippen LogP contribution >= 0.6 is 0 Å². The van der Waals surface area contributed by atoms with Crippen LogP contribution in [0, 0.1) is 40.9 Å². The maximum Gasteiger partial charge on any atom is 0.176 e. The molecular weight excluding hydrogens is 238 g/mol. The van der Waals surface area contributed by atoms with Gasteiger partial charge in [0.15, 0.2) is 11.4 Å². The van der Waals surface area contributed by atoms with Gasteiger partial charge < -0.3 is 4.57 Å². The van der Waals surface area contributed by atoms with E-state index in [2.05, 4.69) is 11.1 Å². The molecule has 0 fully saturated rings. The first-order valence-corrected chi connectivity index (χ1v) is 5.54. The van der Waals surface area contributed by atoms with Gasteiger partial charge in [0, 0.05) is 0 Å². The molecule has 0 unspecified atom stereocenters. The van der Waals surface area contributed by atoms with E-state index in [0.29, 0.717) is 12.1 Å². The van der Waals surface area contributed by atoms with E-state index in [4.69, 9.17) is 15.8 Å². The van der Waals surface area contributed by atoms with E-state index in [0.717, 1.165) is 11.1 Å². The SMILES string of the molecule is Cc1cc(C#N)ccc1Cn1cnc(C#N)c1C#N. The smallest absolute Gasteiger partial charge is 0.176 e. The third-order valence-corrected chi connectivity index (χ3v) is 2.86. The minimum absolute atomic E-state index is 0.133. The Morgan fingerprint density at radius 3 is 2.53 bits per heavy atom. The third kappa shape index (κ3) is 2.29. The summed E-state index contributed by atoms with van der Waals surface area (Å²) in [5.41, 5.74) is 2.94. The van der Waals surface area contributed by atoms with Crippen LogP contribution in [0.3, 0.4) is 0 Å². The number of hydrogen-bond donors (Lipinski definition) is 0. The van der Waals surface area contributed by atoms with Crippen LogP contribution < -0.4 is 0 Å². The van der Waals surface area contributed by atoms with E-state index >= 15 is 0 Å². The molecule has 19 heavy (non-hydrogen) atoms. The van der Waals surface area contributed by atoms with Crippen molar-refractivity contribution < 1.29 is 0 Å².